The topological polar surface area (TPSA) is 93.6 Å². The van der Waals surface area contributed by atoms with Gasteiger partial charge in [-0.1, -0.05) is 13.8 Å². The number of rotatable bonds is 8. The van der Waals surface area contributed by atoms with Crippen molar-refractivity contribution in [1.82, 2.24) is 16.0 Å². The maximum absolute atomic E-state index is 11.6. The molecule has 1 amide bonds. The lowest BCUT2D eigenvalue weighted by Crippen LogP contribution is -2.47. The SMILES string of the molecule is CNC(CCNC(=O)C(O)C(C)(C)CO)NC. The van der Waals surface area contributed by atoms with E-state index in [1.165, 1.54) is 0 Å². The molecule has 0 rings (SSSR count). The van der Waals surface area contributed by atoms with Crippen molar-refractivity contribution >= 4 is 5.91 Å². The molecule has 0 fully saturated rings. The smallest absolute Gasteiger partial charge is 0.249 e. The Balaban J connectivity index is 4.02. The molecule has 102 valence electrons. The van der Waals surface area contributed by atoms with Gasteiger partial charge < -0.3 is 26.2 Å². The summed E-state index contributed by atoms with van der Waals surface area (Å²) in [5, 5.41) is 27.5. The highest BCUT2D eigenvalue weighted by atomic mass is 16.3. The van der Waals surface area contributed by atoms with E-state index in [0.29, 0.717) is 13.0 Å². The second kappa shape index (κ2) is 7.60. The summed E-state index contributed by atoms with van der Waals surface area (Å²) in [5.41, 5.74) is -0.824. The average molecular weight is 247 g/mol. The first-order valence-electron chi connectivity index (χ1n) is 5.80. The van der Waals surface area contributed by atoms with E-state index < -0.39 is 17.4 Å². The molecule has 0 bridgehead atoms. The molecule has 0 aromatic rings. The fourth-order valence-corrected chi connectivity index (χ4v) is 1.31. The predicted octanol–water partition coefficient (Wildman–Crippen LogP) is -1.36. The summed E-state index contributed by atoms with van der Waals surface area (Å²) in [7, 11) is 3.65. The second-order valence-electron chi connectivity index (χ2n) is 4.76. The molecule has 17 heavy (non-hydrogen) atoms. The van der Waals surface area contributed by atoms with Crippen LogP contribution in [0.3, 0.4) is 0 Å². The van der Waals surface area contributed by atoms with Crippen molar-refractivity contribution in [2.45, 2.75) is 32.5 Å². The normalized spacial score (nSPS) is 13.8. The lowest BCUT2D eigenvalue weighted by Gasteiger charge is -2.27. The van der Waals surface area contributed by atoms with E-state index in [9.17, 15) is 9.90 Å². The molecule has 6 heteroatoms. The molecular weight excluding hydrogens is 222 g/mol. The standard InChI is InChI=1S/C11H25N3O3/c1-11(2,7-15)9(16)10(17)14-6-5-8(12-3)13-4/h8-9,12-13,15-16H,5-7H2,1-4H3,(H,14,17). The van der Waals surface area contributed by atoms with Crippen LogP contribution < -0.4 is 16.0 Å². The zero-order valence-corrected chi connectivity index (χ0v) is 11.1. The van der Waals surface area contributed by atoms with Crippen molar-refractivity contribution in [3.05, 3.63) is 0 Å². The molecule has 0 spiro atoms. The molecule has 0 aromatic heterocycles. The van der Waals surface area contributed by atoms with E-state index in [1.807, 2.05) is 14.1 Å². The van der Waals surface area contributed by atoms with Crippen LogP contribution in [-0.2, 0) is 4.79 Å². The van der Waals surface area contributed by atoms with Gasteiger partial charge in [0.2, 0.25) is 5.91 Å². The number of aliphatic hydroxyl groups is 2. The van der Waals surface area contributed by atoms with Gasteiger partial charge in [-0.25, -0.2) is 0 Å². The minimum Gasteiger partial charge on any atom is -0.396 e. The van der Waals surface area contributed by atoms with Crippen LogP contribution in [0.15, 0.2) is 0 Å². The first-order chi connectivity index (χ1) is 7.88. The first-order valence-corrected chi connectivity index (χ1v) is 5.80. The van der Waals surface area contributed by atoms with E-state index in [-0.39, 0.29) is 12.8 Å². The number of carbonyl (C=O) groups excluding carboxylic acids is 1. The van der Waals surface area contributed by atoms with Crippen LogP contribution in [0.5, 0.6) is 0 Å². The van der Waals surface area contributed by atoms with Crippen LogP contribution in [-0.4, -0.2) is 55.6 Å². The summed E-state index contributed by atoms with van der Waals surface area (Å²) >= 11 is 0. The van der Waals surface area contributed by atoms with Gasteiger partial charge in [0.15, 0.2) is 0 Å². The fourth-order valence-electron chi connectivity index (χ4n) is 1.31. The molecule has 0 aliphatic carbocycles. The Morgan fingerprint density at radius 1 is 1.29 bits per heavy atom. The Morgan fingerprint density at radius 3 is 2.24 bits per heavy atom. The third-order valence-corrected chi connectivity index (χ3v) is 2.83. The van der Waals surface area contributed by atoms with Crippen LogP contribution in [0, 0.1) is 5.41 Å². The van der Waals surface area contributed by atoms with Crippen LogP contribution in [0.4, 0.5) is 0 Å². The lowest BCUT2D eigenvalue weighted by atomic mass is 9.87. The molecule has 1 unspecified atom stereocenters. The summed E-state index contributed by atoms with van der Waals surface area (Å²) in [6, 6.07) is 0. The molecule has 0 heterocycles. The summed E-state index contributed by atoms with van der Waals surface area (Å²) in [6.45, 7) is 3.50. The Kier molecular flexibility index (Phi) is 7.29. The van der Waals surface area contributed by atoms with E-state index in [0.717, 1.165) is 0 Å². The maximum Gasteiger partial charge on any atom is 0.249 e. The number of aliphatic hydroxyl groups excluding tert-OH is 2. The summed E-state index contributed by atoms with van der Waals surface area (Å²) in [4.78, 5) is 11.6. The maximum atomic E-state index is 11.6. The second-order valence-corrected chi connectivity index (χ2v) is 4.76. The van der Waals surface area contributed by atoms with Crippen molar-refractivity contribution < 1.29 is 15.0 Å². The van der Waals surface area contributed by atoms with Gasteiger partial charge in [-0.2, -0.15) is 0 Å². The summed E-state index contributed by atoms with van der Waals surface area (Å²) < 4.78 is 0. The molecule has 0 saturated heterocycles. The minimum absolute atomic E-state index is 0.123. The highest BCUT2D eigenvalue weighted by Crippen LogP contribution is 2.19. The highest BCUT2D eigenvalue weighted by Gasteiger charge is 2.32. The minimum atomic E-state index is -1.20. The van der Waals surface area contributed by atoms with Gasteiger partial charge in [-0.05, 0) is 20.5 Å². The van der Waals surface area contributed by atoms with Crippen molar-refractivity contribution in [3.63, 3.8) is 0 Å². The van der Waals surface area contributed by atoms with E-state index in [2.05, 4.69) is 16.0 Å². The molecular formula is C11H25N3O3. The monoisotopic (exact) mass is 247 g/mol. The van der Waals surface area contributed by atoms with Gasteiger partial charge in [-0.15, -0.1) is 0 Å². The zero-order valence-electron chi connectivity index (χ0n) is 11.1. The molecule has 5 N–H and O–H groups in total. The molecule has 0 aromatic carbocycles. The Bertz CT molecular complexity index is 230. The third kappa shape index (κ3) is 5.45. The highest BCUT2D eigenvalue weighted by molar-refractivity contribution is 5.81. The number of carbonyl (C=O) groups is 1. The first kappa shape index (κ1) is 16.3. The summed E-state index contributed by atoms with van der Waals surface area (Å²) in [5.74, 6) is -0.449. The third-order valence-electron chi connectivity index (χ3n) is 2.83. The Hall–Kier alpha value is -0.690. The van der Waals surface area contributed by atoms with E-state index in [1.54, 1.807) is 13.8 Å². The van der Waals surface area contributed by atoms with Gasteiger partial charge in [0.25, 0.3) is 0 Å². The average Bonchev–Trinajstić information content (AvgIpc) is 2.33. The Morgan fingerprint density at radius 2 is 1.82 bits per heavy atom. The van der Waals surface area contributed by atoms with Crippen LogP contribution in [0.25, 0.3) is 0 Å². The van der Waals surface area contributed by atoms with Gasteiger partial charge in [0, 0.05) is 12.0 Å². The van der Waals surface area contributed by atoms with E-state index in [4.69, 9.17) is 5.11 Å². The predicted molar refractivity (Wildman–Crippen MR) is 66.4 cm³/mol. The fraction of sp³-hybridized carbons (Fsp3) is 0.909. The van der Waals surface area contributed by atoms with Gasteiger partial charge >= 0.3 is 0 Å². The molecule has 6 nitrogen and oxygen atoms in total. The van der Waals surface area contributed by atoms with E-state index >= 15 is 0 Å². The molecule has 0 aliphatic rings. The summed E-state index contributed by atoms with van der Waals surface area (Å²) in [6.07, 6.45) is -0.362. The van der Waals surface area contributed by atoms with Crippen LogP contribution in [0.2, 0.25) is 0 Å². The molecule has 0 aliphatic heterocycles. The number of hydrogen-bond donors (Lipinski definition) is 5. The number of hydrogen-bond acceptors (Lipinski definition) is 5. The Labute approximate surface area is 103 Å². The van der Waals surface area contributed by atoms with Crippen LogP contribution >= 0.6 is 0 Å². The van der Waals surface area contributed by atoms with Crippen molar-refractivity contribution in [2.24, 2.45) is 5.41 Å². The van der Waals surface area contributed by atoms with Crippen molar-refractivity contribution in [2.75, 3.05) is 27.2 Å². The quantitative estimate of drug-likeness (QED) is 0.342. The van der Waals surface area contributed by atoms with Crippen LogP contribution in [0.1, 0.15) is 20.3 Å². The van der Waals surface area contributed by atoms with Gasteiger partial charge in [0.05, 0.1) is 12.8 Å². The van der Waals surface area contributed by atoms with Gasteiger partial charge in [-0.3, -0.25) is 4.79 Å². The molecule has 0 saturated carbocycles. The zero-order chi connectivity index (χ0) is 13.5. The molecule has 1 atom stereocenters. The largest absolute Gasteiger partial charge is 0.396 e. The lowest BCUT2D eigenvalue weighted by molar-refractivity contribution is -0.137. The van der Waals surface area contributed by atoms with Crippen molar-refractivity contribution in [3.8, 4) is 0 Å². The number of nitrogens with one attached hydrogen (secondary N) is 3. The number of amides is 1. The van der Waals surface area contributed by atoms with Gasteiger partial charge in [0.1, 0.15) is 6.10 Å². The van der Waals surface area contributed by atoms with Crippen molar-refractivity contribution in [1.29, 1.82) is 0 Å². The molecule has 0 radical (unpaired) electrons.